The molecule has 0 bridgehead atoms. The number of nitrogens with zero attached hydrogens (tertiary/aromatic N) is 2. The van der Waals surface area contributed by atoms with Crippen molar-refractivity contribution in [1.29, 1.82) is 0 Å². The Morgan fingerprint density at radius 3 is 2.85 bits per heavy atom. The number of halogens is 1. The van der Waals surface area contributed by atoms with Gasteiger partial charge in [-0.2, -0.15) is 0 Å². The summed E-state index contributed by atoms with van der Waals surface area (Å²) in [5.41, 5.74) is 3.35. The van der Waals surface area contributed by atoms with Crippen LogP contribution in [0.3, 0.4) is 0 Å². The van der Waals surface area contributed by atoms with Gasteiger partial charge in [-0.3, -0.25) is 9.59 Å². The van der Waals surface area contributed by atoms with E-state index in [-0.39, 0.29) is 11.8 Å². The maximum Gasteiger partial charge on any atom is 0.254 e. The molecule has 2 aromatic carbocycles. The van der Waals surface area contributed by atoms with E-state index in [9.17, 15) is 9.59 Å². The third-order valence-corrected chi connectivity index (χ3v) is 7.73. The monoisotopic (exact) mass is 573 g/mol. The normalized spacial score (nSPS) is 18.2. The van der Waals surface area contributed by atoms with Crippen molar-refractivity contribution in [2.75, 3.05) is 19.6 Å². The zero-order chi connectivity index (χ0) is 23.9. The van der Waals surface area contributed by atoms with Gasteiger partial charge in [0.15, 0.2) is 0 Å². The molecule has 1 saturated heterocycles. The number of hydrogen-bond donors (Lipinski definition) is 1. The average molecular weight is 574 g/mol. The number of amides is 2. The molecule has 2 aromatic rings. The second-order valence-corrected chi connectivity index (χ2v) is 10.8. The minimum Gasteiger partial charge on any atom is -0.352 e. The maximum absolute atomic E-state index is 13.0. The second kappa shape index (κ2) is 12.2. The Morgan fingerprint density at radius 1 is 1.15 bits per heavy atom. The number of carbonyl (C=O) groups excluding carboxylic acids is 2. The summed E-state index contributed by atoms with van der Waals surface area (Å²) in [7, 11) is 0. The molecule has 0 aromatic heterocycles. The predicted molar refractivity (Wildman–Crippen MR) is 145 cm³/mol. The molecule has 1 fully saturated rings. The number of benzene rings is 2. The number of unbranched alkanes of at least 4 members (excludes halogenated alkanes) is 1. The van der Waals surface area contributed by atoms with E-state index in [1.165, 1.54) is 45.1 Å². The molecule has 0 saturated carbocycles. The van der Waals surface area contributed by atoms with Crippen LogP contribution < -0.4 is 5.32 Å². The Labute approximate surface area is 217 Å². The largest absolute Gasteiger partial charge is 0.352 e. The molecule has 2 aliphatic heterocycles. The van der Waals surface area contributed by atoms with Gasteiger partial charge < -0.3 is 15.1 Å². The number of piperidine rings is 1. The number of rotatable bonds is 10. The van der Waals surface area contributed by atoms with Gasteiger partial charge in [-0.1, -0.05) is 44.4 Å². The van der Waals surface area contributed by atoms with Crippen LogP contribution in [0.4, 0.5) is 0 Å². The zero-order valence-electron chi connectivity index (χ0n) is 20.2. The summed E-state index contributed by atoms with van der Waals surface area (Å²) in [6, 6.07) is 14.5. The Bertz CT molecular complexity index is 1010. The van der Waals surface area contributed by atoms with Crippen LogP contribution in [0.25, 0.3) is 0 Å². The second-order valence-electron chi connectivity index (χ2n) is 9.60. The van der Waals surface area contributed by atoms with E-state index in [0.717, 1.165) is 33.7 Å². The third-order valence-electron chi connectivity index (χ3n) is 7.06. The smallest absolute Gasteiger partial charge is 0.254 e. The molecule has 0 spiro atoms. The average Bonchev–Trinajstić information content (AvgIpc) is 3.15. The van der Waals surface area contributed by atoms with Gasteiger partial charge >= 0.3 is 0 Å². The van der Waals surface area contributed by atoms with Crippen LogP contribution in [0.1, 0.15) is 83.7 Å². The van der Waals surface area contributed by atoms with Crippen LogP contribution in [0, 0.1) is 3.57 Å². The van der Waals surface area contributed by atoms with Gasteiger partial charge in [0.05, 0.1) is 0 Å². The summed E-state index contributed by atoms with van der Waals surface area (Å²) >= 11 is 2.29. The molecule has 5 nitrogen and oxygen atoms in total. The Hall–Kier alpha value is -1.93. The highest BCUT2D eigenvalue weighted by molar-refractivity contribution is 14.1. The number of likely N-dealkylation sites (tertiary alicyclic amines) is 1. The topological polar surface area (TPSA) is 52.7 Å². The van der Waals surface area contributed by atoms with Gasteiger partial charge in [-0.05, 0) is 90.2 Å². The molecular weight excluding hydrogens is 537 g/mol. The van der Waals surface area contributed by atoms with Crippen molar-refractivity contribution in [3.63, 3.8) is 0 Å². The first-order valence-electron chi connectivity index (χ1n) is 12.7. The zero-order valence-corrected chi connectivity index (χ0v) is 22.4. The number of fused-ring (bicyclic) bond motifs is 1. The lowest BCUT2D eigenvalue weighted by atomic mass is 9.97. The van der Waals surface area contributed by atoms with E-state index in [0.29, 0.717) is 30.8 Å². The first-order chi connectivity index (χ1) is 16.5. The Balaban J connectivity index is 1.27. The lowest BCUT2D eigenvalue weighted by molar-refractivity contribution is 0.0766. The van der Waals surface area contributed by atoms with E-state index in [1.54, 1.807) is 6.07 Å². The first-order valence-corrected chi connectivity index (χ1v) is 13.8. The molecule has 0 aliphatic carbocycles. The fourth-order valence-corrected chi connectivity index (χ4v) is 5.80. The lowest BCUT2D eigenvalue weighted by Crippen LogP contribution is -2.41. The van der Waals surface area contributed by atoms with Crippen LogP contribution >= 0.6 is 22.6 Å². The van der Waals surface area contributed by atoms with Gasteiger partial charge in [0.2, 0.25) is 0 Å². The van der Waals surface area contributed by atoms with Crippen molar-refractivity contribution >= 4 is 34.4 Å². The van der Waals surface area contributed by atoms with Crippen molar-refractivity contribution in [2.45, 2.75) is 71.0 Å². The molecule has 1 atom stereocenters. The van der Waals surface area contributed by atoms with Crippen LogP contribution in [0.5, 0.6) is 0 Å². The fraction of sp³-hybridized carbons (Fsp3) is 0.500. The van der Waals surface area contributed by atoms with Gasteiger partial charge in [-0.15, -0.1) is 0 Å². The number of carbonyl (C=O) groups is 2. The summed E-state index contributed by atoms with van der Waals surface area (Å²) in [5, 5.41) is 3.07. The molecule has 0 radical (unpaired) electrons. The molecule has 2 heterocycles. The summed E-state index contributed by atoms with van der Waals surface area (Å²) < 4.78 is 1.16. The fourth-order valence-electron chi connectivity index (χ4n) is 5.19. The molecule has 6 heteroatoms. The van der Waals surface area contributed by atoms with Crippen molar-refractivity contribution in [2.24, 2.45) is 0 Å². The molecule has 2 aliphatic rings. The lowest BCUT2D eigenvalue weighted by Gasteiger charge is -2.36. The Morgan fingerprint density at radius 2 is 2.03 bits per heavy atom. The van der Waals surface area contributed by atoms with Crippen molar-refractivity contribution in [1.82, 2.24) is 15.1 Å². The SMILES string of the molecule is CCCCC1CCCCN1CCCNC(=O)c1ccc2c(c1)C(=O)N(Cc1cccc(I)c1)C2. The molecule has 1 N–H and O–H groups in total. The van der Waals surface area contributed by atoms with Crippen molar-refractivity contribution < 1.29 is 9.59 Å². The summed E-state index contributed by atoms with van der Waals surface area (Å²) in [4.78, 5) is 30.2. The van der Waals surface area contributed by atoms with E-state index >= 15 is 0 Å². The van der Waals surface area contributed by atoms with Crippen LogP contribution in [0.15, 0.2) is 42.5 Å². The minimum absolute atomic E-state index is 0.00623. The highest BCUT2D eigenvalue weighted by atomic mass is 127. The van der Waals surface area contributed by atoms with Crippen LogP contribution in [0.2, 0.25) is 0 Å². The Kier molecular flexibility index (Phi) is 9.00. The summed E-state index contributed by atoms with van der Waals surface area (Å²) in [6.07, 6.45) is 8.77. The summed E-state index contributed by atoms with van der Waals surface area (Å²) in [5.74, 6) is -0.0837. The van der Waals surface area contributed by atoms with Gasteiger partial charge in [0.1, 0.15) is 0 Å². The van der Waals surface area contributed by atoms with Crippen molar-refractivity contribution in [3.05, 3.63) is 68.3 Å². The highest BCUT2D eigenvalue weighted by Gasteiger charge is 2.28. The third kappa shape index (κ3) is 6.39. The standard InChI is InChI=1S/C28H36IN3O2/c1-2-3-10-25-11-4-5-15-31(25)16-7-14-30-27(33)22-12-13-23-20-32(28(34)26(23)18-22)19-21-8-6-9-24(29)17-21/h6,8-9,12-13,17-18,25H,2-5,7,10-11,14-16,19-20H2,1H3,(H,30,33). The molecule has 4 rings (SSSR count). The van der Waals surface area contributed by atoms with E-state index in [1.807, 2.05) is 35.2 Å². The highest BCUT2D eigenvalue weighted by Crippen LogP contribution is 2.26. The number of hydrogen-bond acceptors (Lipinski definition) is 3. The summed E-state index contributed by atoms with van der Waals surface area (Å²) in [6.45, 7) is 6.34. The first kappa shape index (κ1) is 25.2. The molecule has 2 amide bonds. The van der Waals surface area contributed by atoms with Crippen LogP contribution in [-0.4, -0.2) is 47.3 Å². The molecule has 1 unspecified atom stereocenters. The molecular formula is C28H36IN3O2. The molecule has 182 valence electrons. The van der Waals surface area contributed by atoms with Crippen LogP contribution in [-0.2, 0) is 13.1 Å². The van der Waals surface area contributed by atoms with E-state index in [4.69, 9.17) is 0 Å². The molecule has 34 heavy (non-hydrogen) atoms. The van der Waals surface area contributed by atoms with E-state index < -0.39 is 0 Å². The van der Waals surface area contributed by atoms with E-state index in [2.05, 4.69) is 45.8 Å². The van der Waals surface area contributed by atoms with Gasteiger partial charge in [0.25, 0.3) is 11.8 Å². The van der Waals surface area contributed by atoms with Gasteiger partial charge in [0, 0.05) is 46.9 Å². The van der Waals surface area contributed by atoms with Crippen molar-refractivity contribution in [3.8, 4) is 0 Å². The predicted octanol–water partition coefficient (Wildman–Crippen LogP) is 5.61. The maximum atomic E-state index is 13.0. The quantitative estimate of drug-likeness (QED) is 0.297. The van der Waals surface area contributed by atoms with Gasteiger partial charge in [-0.25, -0.2) is 0 Å². The number of nitrogens with one attached hydrogen (secondary N) is 1. The minimum atomic E-state index is -0.0900.